The van der Waals surface area contributed by atoms with Gasteiger partial charge in [-0.2, -0.15) is 0 Å². The van der Waals surface area contributed by atoms with Crippen molar-refractivity contribution in [1.82, 2.24) is 5.32 Å². The monoisotopic (exact) mass is 423 g/mol. The van der Waals surface area contributed by atoms with Crippen molar-refractivity contribution in [2.24, 2.45) is 0 Å². The molecule has 2 aliphatic heterocycles. The highest BCUT2D eigenvalue weighted by molar-refractivity contribution is 5.73. The molecule has 0 saturated carbocycles. The van der Waals surface area contributed by atoms with Crippen molar-refractivity contribution in [2.45, 2.75) is 68.3 Å². The molecule has 10 atom stereocenters. The van der Waals surface area contributed by atoms with Crippen LogP contribution in [0.5, 0.6) is 0 Å². The Bertz CT molecular complexity index is 549. The minimum Gasteiger partial charge on any atom is -0.394 e. The zero-order valence-electron chi connectivity index (χ0n) is 15.9. The number of hydrogen-bond donors (Lipinski definition) is 7. The lowest BCUT2D eigenvalue weighted by atomic mass is 9.96. The summed E-state index contributed by atoms with van der Waals surface area (Å²) in [5, 5.41) is 62.1. The van der Waals surface area contributed by atoms with Crippen LogP contribution in [-0.2, 0) is 23.7 Å². The van der Waals surface area contributed by atoms with Crippen molar-refractivity contribution in [2.75, 3.05) is 19.8 Å². The molecular formula is C17H29NO11. The van der Waals surface area contributed by atoms with Gasteiger partial charge in [-0.15, -0.1) is 6.58 Å². The molecule has 168 valence electrons. The Morgan fingerprint density at radius 3 is 2.17 bits per heavy atom. The molecule has 0 radical (unpaired) electrons. The summed E-state index contributed by atoms with van der Waals surface area (Å²) in [5.74, 6) is -0.522. The van der Waals surface area contributed by atoms with Gasteiger partial charge in [0.15, 0.2) is 12.6 Å². The van der Waals surface area contributed by atoms with Gasteiger partial charge < -0.3 is 54.9 Å². The number of aliphatic hydroxyl groups is 6. The normalized spacial score (nSPS) is 43.0. The van der Waals surface area contributed by atoms with Crippen LogP contribution in [0.3, 0.4) is 0 Å². The van der Waals surface area contributed by atoms with Crippen LogP contribution in [-0.4, -0.2) is 118 Å². The van der Waals surface area contributed by atoms with E-state index in [1.165, 1.54) is 13.0 Å². The quantitative estimate of drug-likeness (QED) is 0.188. The van der Waals surface area contributed by atoms with E-state index in [4.69, 9.17) is 18.9 Å². The zero-order chi connectivity index (χ0) is 21.7. The lowest BCUT2D eigenvalue weighted by molar-refractivity contribution is -0.318. The molecule has 0 unspecified atom stereocenters. The van der Waals surface area contributed by atoms with Crippen molar-refractivity contribution in [3.05, 3.63) is 12.7 Å². The summed E-state index contributed by atoms with van der Waals surface area (Å²) in [5.41, 5.74) is 0. The molecule has 2 aliphatic rings. The van der Waals surface area contributed by atoms with Gasteiger partial charge >= 0.3 is 0 Å². The van der Waals surface area contributed by atoms with E-state index in [0.29, 0.717) is 0 Å². The second-order valence-electron chi connectivity index (χ2n) is 6.90. The first-order chi connectivity index (χ1) is 13.7. The highest BCUT2D eigenvalue weighted by Gasteiger charge is 2.48. The van der Waals surface area contributed by atoms with Gasteiger partial charge in [-0.3, -0.25) is 4.79 Å². The lowest BCUT2D eigenvalue weighted by Gasteiger charge is -2.44. The van der Waals surface area contributed by atoms with E-state index in [-0.39, 0.29) is 13.2 Å². The summed E-state index contributed by atoms with van der Waals surface area (Å²) < 4.78 is 21.6. The molecule has 0 aromatic rings. The molecular weight excluding hydrogens is 394 g/mol. The van der Waals surface area contributed by atoms with Gasteiger partial charge in [-0.25, -0.2) is 0 Å². The first kappa shape index (κ1) is 24.1. The topological polar surface area (TPSA) is 187 Å². The van der Waals surface area contributed by atoms with Crippen molar-refractivity contribution in [1.29, 1.82) is 0 Å². The van der Waals surface area contributed by atoms with Crippen LogP contribution in [0.15, 0.2) is 12.7 Å². The molecule has 0 aromatic carbocycles. The first-order valence-corrected chi connectivity index (χ1v) is 9.14. The molecule has 7 N–H and O–H groups in total. The summed E-state index contributed by atoms with van der Waals surface area (Å²) in [6.07, 6.45) is -11.1. The van der Waals surface area contributed by atoms with Crippen LogP contribution in [0.2, 0.25) is 0 Å². The molecule has 2 rings (SSSR count). The average molecular weight is 423 g/mol. The molecule has 2 fully saturated rings. The summed E-state index contributed by atoms with van der Waals surface area (Å²) in [6, 6.07) is -1.17. The van der Waals surface area contributed by atoms with E-state index in [2.05, 4.69) is 11.9 Å². The molecule has 1 amide bonds. The van der Waals surface area contributed by atoms with Gasteiger partial charge in [0.25, 0.3) is 0 Å². The van der Waals surface area contributed by atoms with Gasteiger partial charge in [0.05, 0.1) is 19.8 Å². The maximum absolute atomic E-state index is 11.4. The van der Waals surface area contributed by atoms with Gasteiger partial charge in [-0.1, -0.05) is 6.08 Å². The molecule has 12 heteroatoms. The minimum absolute atomic E-state index is 0.0245. The number of ether oxygens (including phenoxy) is 4. The molecule has 12 nitrogen and oxygen atoms in total. The Balaban J connectivity index is 2.07. The number of aliphatic hydroxyl groups excluding tert-OH is 6. The van der Waals surface area contributed by atoms with E-state index in [9.17, 15) is 35.4 Å². The van der Waals surface area contributed by atoms with Crippen LogP contribution < -0.4 is 5.32 Å². The van der Waals surface area contributed by atoms with Gasteiger partial charge in [0.2, 0.25) is 5.91 Å². The smallest absolute Gasteiger partial charge is 0.217 e. The fraction of sp³-hybridized carbons (Fsp3) is 0.824. The number of amides is 1. The standard InChI is InChI=1S/C17H29NO11/c1-3-4-26-17-15(25)14(24)12(22)9(29-17)6-27-16-10(18-7(2)20)13(23)11(21)8(5-19)28-16/h3,8-17,19,21-25H,1,4-6H2,2H3,(H,18,20)/t8-,9-,10-,11-,12-,13-,14+,15+,16-,17+/m1/s1. The number of hydrogen-bond acceptors (Lipinski definition) is 11. The highest BCUT2D eigenvalue weighted by Crippen LogP contribution is 2.26. The fourth-order valence-electron chi connectivity index (χ4n) is 3.16. The highest BCUT2D eigenvalue weighted by atomic mass is 16.7. The number of nitrogens with one attached hydrogen (secondary N) is 1. The number of carbonyl (C=O) groups is 1. The summed E-state index contributed by atoms with van der Waals surface area (Å²) in [4.78, 5) is 11.4. The Morgan fingerprint density at radius 1 is 0.966 bits per heavy atom. The Morgan fingerprint density at radius 2 is 1.59 bits per heavy atom. The zero-order valence-corrected chi connectivity index (χ0v) is 15.9. The van der Waals surface area contributed by atoms with E-state index in [0.717, 1.165) is 0 Å². The van der Waals surface area contributed by atoms with E-state index < -0.39 is 73.9 Å². The largest absolute Gasteiger partial charge is 0.394 e. The Labute approximate surface area is 167 Å². The second-order valence-corrected chi connectivity index (χ2v) is 6.90. The van der Waals surface area contributed by atoms with Crippen LogP contribution in [0.1, 0.15) is 6.92 Å². The third-order valence-corrected chi connectivity index (χ3v) is 4.72. The SMILES string of the molecule is C=CCO[C@H]1O[C@H](CO[C@@H]2O[C@H](CO)[C@@H](O)[C@H](O)[C@H]2NC(C)=O)[C@@H](O)[C@H](O)[C@@H]1O. The van der Waals surface area contributed by atoms with Crippen molar-refractivity contribution >= 4 is 5.91 Å². The lowest BCUT2D eigenvalue weighted by Crippen LogP contribution is -2.65. The van der Waals surface area contributed by atoms with Gasteiger partial charge in [0.1, 0.15) is 48.8 Å². The first-order valence-electron chi connectivity index (χ1n) is 9.14. The summed E-state index contributed by atoms with van der Waals surface area (Å²) in [6.45, 7) is 3.68. The van der Waals surface area contributed by atoms with E-state index in [1.54, 1.807) is 0 Å². The average Bonchev–Trinajstić information content (AvgIpc) is 2.69. The summed E-state index contributed by atoms with van der Waals surface area (Å²) in [7, 11) is 0. The Kier molecular flexibility index (Phi) is 8.91. The van der Waals surface area contributed by atoms with Gasteiger partial charge in [0, 0.05) is 6.92 Å². The second kappa shape index (κ2) is 10.7. The Hall–Kier alpha value is -1.19. The predicted octanol–water partition coefficient (Wildman–Crippen LogP) is -4.04. The van der Waals surface area contributed by atoms with Crippen molar-refractivity contribution < 1.29 is 54.4 Å². The van der Waals surface area contributed by atoms with Crippen LogP contribution in [0.4, 0.5) is 0 Å². The molecule has 29 heavy (non-hydrogen) atoms. The fourth-order valence-corrected chi connectivity index (χ4v) is 3.16. The molecule has 2 heterocycles. The predicted molar refractivity (Wildman–Crippen MR) is 94.1 cm³/mol. The third-order valence-electron chi connectivity index (χ3n) is 4.72. The van der Waals surface area contributed by atoms with E-state index >= 15 is 0 Å². The molecule has 0 aliphatic carbocycles. The van der Waals surface area contributed by atoms with Crippen LogP contribution >= 0.6 is 0 Å². The number of rotatable bonds is 8. The maximum Gasteiger partial charge on any atom is 0.217 e. The van der Waals surface area contributed by atoms with E-state index in [1.807, 2.05) is 0 Å². The van der Waals surface area contributed by atoms with Crippen molar-refractivity contribution in [3.8, 4) is 0 Å². The molecule has 0 spiro atoms. The minimum atomic E-state index is -1.58. The third kappa shape index (κ3) is 5.70. The van der Waals surface area contributed by atoms with Gasteiger partial charge in [-0.05, 0) is 0 Å². The van der Waals surface area contributed by atoms with Crippen LogP contribution in [0.25, 0.3) is 0 Å². The van der Waals surface area contributed by atoms with Crippen LogP contribution in [0, 0.1) is 0 Å². The molecule has 0 aromatic heterocycles. The maximum atomic E-state index is 11.4. The summed E-state index contributed by atoms with van der Waals surface area (Å²) >= 11 is 0. The molecule has 0 bridgehead atoms. The molecule has 2 saturated heterocycles. The van der Waals surface area contributed by atoms with Crippen molar-refractivity contribution in [3.63, 3.8) is 0 Å². The number of carbonyl (C=O) groups excluding carboxylic acids is 1.